The number of guanidine groups is 1. The maximum atomic E-state index is 6.01. The van der Waals surface area contributed by atoms with Crippen molar-refractivity contribution in [2.45, 2.75) is 75.3 Å². The van der Waals surface area contributed by atoms with Crippen molar-refractivity contribution in [1.82, 2.24) is 10.6 Å². The van der Waals surface area contributed by atoms with Gasteiger partial charge in [-0.2, -0.15) is 0 Å². The molecule has 2 saturated carbocycles. The molecule has 5 fully saturated rings. The Morgan fingerprint density at radius 2 is 2.04 bits per heavy atom. The molecule has 6 atom stereocenters. The van der Waals surface area contributed by atoms with Crippen LogP contribution in [0.2, 0.25) is 0 Å². The minimum Gasteiger partial charge on any atom is -0.377 e. The highest BCUT2D eigenvalue weighted by Gasteiger charge is 2.66. The Balaban J connectivity index is 0.00000135. The van der Waals surface area contributed by atoms with Crippen LogP contribution in [0, 0.1) is 11.3 Å². The molecule has 130 valence electrons. The highest BCUT2D eigenvalue weighted by molar-refractivity contribution is 14.0. The van der Waals surface area contributed by atoms with Crippen LogP contribution in [0.15, 0.2) is 4.99 Å². The molecule has 0 aromatic heterocycles. The Labute approximate surface area is 155 Å². The minimum atomic E-state index is 0. The smallest absolute Gasteiger partial charge is 0.191 e. The second kappa shape index (κ2) is 6.02. The predicted molar refractivity (Wildman–Crippen MR) is 99.3 cm³/mol. The largest absolute Gasteiger partial charge is 0.377 e. The Morgan fingerprint density at radius 3 is 2.65 bits per heavy atom. The van der Waals surface area contributed by atoms with Crippen LogP contribution < -0.4 is 10.6 Å². The lowest BCUT2D eigenvalue weighted by Crippen LogP contribution is -2.72. The fourth-order valence-electron chi connectivity index (χ4n) is 5.74. The number of nitrogens with one attached hydrogen (secondary N) is 2. The molecule has 0 radical (unpaired) electrons. The standard InChI is InChI=1S/C17H27N3O2.HI/c1-18-16(19-12-9-10-3-4-13(12)22-10)20-14-11-5-8-21-15(11)17(14)6-2-7-17;/h10-15H,2-9H2,1H3,(H2,18,19,20);1H. The van der Waals surface area contributed by atoms with E-state index in [-0.39, 0.29) is 24.0 Å². The predicted octanol–water partition coefficient (Wildman–Crippen LogP) is 2.05. The summed E-state index contributed by atoms with van der Waals surface area (Å²) in [7, 11) is 1.89. The van der Waals surface area contributed by atoms with Gasteiger partial charge in [0.05, 0.1) is 24.4 Å². The molecule has 6 unspecified atom stereocenters. The van der Waals surface area contributed by atoms with E-state index in [1.54, 1.807) is 0 Å². The average Bonchev–Trinajstić information content (AvgIpc) is 3.17. The lowest BCUT2D eigenvalue weighted by molar-refractivity contribution is -0.171. The van der Waals surface area contributed by atoms with Gasteiger partial charge in [0.15, 0.2) is 5.96 Å². The summed E-state index contributed by atoms with van der Waals surface area (Å²) in [6, 6.07) is 0.998. The van der Waals surface area contributed by atoms with Gasteiger partial charge >= 0.3 is 0 Å². The number of ether oxygens (including phenoxy) is 2. The normalized spacial score (nSPS) is 45.9. The summed E-state index contributed by atoms with van der Waals surface area (Å²) in [5.41, 5.74) is 0.407. The molecule has 2 N–H and O–H groups in total. The minimum absolute atomic E-state index is 0. The Kier molecular flexibility index (Phi) is 4.29. The van der Waals surface area contributed by atoms with Gasteiger partial charge in [-0.3, -0.25) is 4.99 Å². The first kappa shape index (κ1) is 16.4. The maximum Gasteiger partial charge on any atom is 0.191 e. The fraction of sp³-hybridized carbons (Fsp3) is 0.941. The van der Waals surface area contributed by atoms with E-state index in [0.717, 1.165) is 19.0 Å². The summed E-state index contributed by atoms with van der Waals surface area (Å²) < 4.78 is 12.0. The van der Waals surface area contributed by atoms with Gasteiger partial charge in [0.25, 0.3) is 0 Å². The summed E-state index contributed by atoms with van der Waals surface area (Å²) in [5, 5.41) is 7.39. The molecule has 23 heavy (non-hydrogen) atoms. The van der Waals surface area contributed by atoms with Crippen molar-refractivity contribution in [2.24, 2.45) is 16.3 Å². The maximum absolute atomic E-state index is 6.01. The van der Waals surface area contributed by atoms with E-state index in [2.05, 4.69) is 15.6 Å². The van der Waals surface area contributed by atoms with Crippen LogP contribution in [0.25, 0.3) is 0 Å². The van der Waals surface area contributed by atoms with E-state index in [4.69, 9.17) is 9.47 Å². The van der Waals surface area contributed by atoms with Crippen molar-refractivity contribution in [1.29, 1.82) is 0 Å². The van der Waals surface area contributed by atoms with E-state index < -0.39 is 0 Å². The third-order valence-corrected chi connectivity index (χ3v) is 6.98. The summed E-state index contributed by atoms with van der Waals surface area (Å²) in [6.45, 7) is 0.946. The molecular weight excluding hydrogens is 405 g/mol. The summed E-state index contributed by atoms with van der Waals surface area (Å²) in [5.74, 6) is 1.66. The van der Waals surface area contributed by atoms with E-state index in [1.165, 1.54) is 38.5 Å². The monoisotopic (exact) mass is 433 g/mol. The number of aliphatic imine (C=N–C) groups is 1. The molecular formula is C17H28IN3O2. The fourth-order valence-corrected chi connectivity index (χ4v) is 5.74. The summed E-state index contributed by atoms with van der Waals surface area (Å²) in [4.78, 5) is 4.49. The van der Waals surface area contributed by atoms with Crippen molar-refractivity contribution in [3.63, 3.8) is 0 Å². The van der Waals surface area contributed by atoms with Crippen molar-refractivity contribution in [3.8, 4) is 0 Å². The number of halogens is 1. The second-order valence-corrected chi connectivity index (χ2v) is 7.89. The molecule has 0 aromatic carbocycles. The topological polar surface area (TPSA) is 54.9 Å². The van der Waals surface area contributed by atoms with Gasteiger partial charge in [0, 0.05) is 31.0 Å². The molecule has 3 aliphatic heterocycles. The number of hydrogen-bond donors (Lipinski definition) is 2. The zero-order valence-electron chi connectivity index (χ0n) is 13.8. The number of nitrogens with zero attached hydrogens (tertiary/aromatic N) is 1. The van der Waals surface area contributed by atoms with Crippen molar-refractivity contribution in [2.75, 3.05) is 13.7 Å². The highest BCUT2D eigenvalue weighted by atomic mass is 127. The molecule has 3 heterocycles. The van der Waals surface area contributed by atoms with E-state index in [1.807, 2.05) is 7.05 Å². The summed E-state index contributed by atoms with van der Waals surface area (Å²) >= 11 is 0. The van der Waals surface area contributed by atoms with Gasteiger partial charge in [0.2, 0.25) is 0 Å². The van der Waals surface area contributed by atoms with Gasteiger partial charge in [0.1, 0.15) is 0 Å². The zero-order valence-corrected chi connectivity index (χ0v) is 16.1. The lowest BCUT2D eigenvalue weighted by Gasteiger charge is -2.63. The van der Waals surface area contributed by atoms with E-state index in [9.17, 15) is 0 Å². The first-order valence-electron chi connectivity index (χ1n) is 9.07. The van der Waals surface area contributed by atoms with Crippen LogP contribution in [-0.2, 0) is 9.47 Å². The molecule has 2 aliphatic carbocycles. The quantitative estimate of drug-likeness (QED) is 0.398. The first-order valence-corrected chi connectivity index (χ1v) is 9.07. The first-order chi connectivity index (χ1) is 10.8. The van der Waals surface area contributed by atoms with Gasteiger partial charge in [-0.05, 0) is 38.5 Å². The SMILES string of the molecule is CN=C(NC1CC2CCC1O2)NC1C2CCOC2C12CCC2.I. The molecule has 5 aliphatic rings. The Morgan fingerprint density at radius 1 is 1.17 bits per heavy atom. The van der Waals surface area contributed by atoms with Crippen LogP contribution in [0.5, 0.6) is 0 Å². The van der Waals surface area contributed by atoms with Gasteiger partial charge in [-0.25, -0.2) is 0 Å². The molecule has 2 bridgehead atoms. The van der Waals surface area contributed by atoms with Gasteiger partial charge < -0.3 is 20.1 Å². The van der Waals surface area contributed by atoms with Gasteiger partial charge in [-0.15, -0.1) is 24.0 Å². The molecule has 5 nitrogen and oxygen atoms in total. The van der Waals surface area contributed by atoms with E-state index in [0.29, 0.717) is 41.7 Å². The molecule has 5 rings (SSSR count). The van der Waals surface area contributed by atoms with Crippen molar-refractivity contribution in [3.05, 3.63) is 0 Å². The number of rotatable bonds is 2. The third kappa shape index (κ3) is 2.34. The van der Waals surface area contributed by atoms with Crippen LogP contribution in [-0.4, -0.2) is 50.0 Å². The summed E-state index contributed by atoms with van der Waals surface area (Å²) in [6.07, 6.45) is 10.2. The molecule has 0 aromatic rings. The molecule has 3 saturated heterocycles. The van der Waals surface area contributed by atoms with Crippen LogP contribution in [0.4, 0.5) is 0 Å². The molecule has 6 heteroatoms. The van der Waals surface area contributed by atoms with Crippen molar-refractivity contribution >= 4 is 29.9 Å². The number of hydrogen-bond acceptors (Lipinski definition) is 3. The van der Waals surface area contributed by atoms with Crippen LogP contribution in [0.1, 0.15) is 44.9 Å². The lowest BCUT2D eigenvalue weighted by atomic mass is 9.46. The highest BCUT2D eigenvalue weighted by Crippen LogP contribution is 2.62. The molecule has 1 spiro atoms. The second-order valence-electron chi connectivity index (χ2n) is 7.89. The Hall–Kier alpha value is -0.0800. The molecule has 0 amide bonds. The number of fused-ring (bicyclic) bond motifs is 4. The average molecular weight is 433 g/mol. The van der Waals surface area contributed by atoms with Crippen molar-refractivity contribution < 1.29 is 9.47 Å². The third-order valence-electron chi connectivity index (χ3n) is 6.98. The van der Waals surface area contributed by atoms with Gasteiger partial charge in [-0.1, -0.05) is 6.42 Å². The zero-order chi connectivity index (χ0) is 14.7. The Bertz CT molecular complexity index is 496. The van der Waals surface area contributed by atoms with E-state index >= 15 is 0 Å². The van der Waals surface area contributed by atoms with Crippen LogP contribution in [0.3, 0.4) is 0 Å². The van der Waals surface area contributed by atoms with Crippen LogP contribution >= 0.6 is 24.0 Å².